The molecule has 4 heteroatoms. The number of aliphatic hydroxyl groups excluding tert-OH is 1. The van der Waals surface area contributed by atoms with E-state index in [2.05, 4.69) is 17.2 Å². The third-order valence-electron chi connectivity index (χ3n) is 4.56. The van der Waals surface area contributed by atoms with Crippen LogP contribution in [0.25, 0.3) is 0 Å². The van der Waals surface area contributed by atoms with Crippen LogP contribution in [0, 0.1) is 5.92 Å². The van der Waals surface area contributed by atoms with Gasteiger partial charge < -0.3 is 5.11 Å². The summed E-state index contributed by atoms with van der Waals surface area (Å²) in [5.41, 5.74) is 1.96. The molecule has 1 aliphatic rings. The van der Waals surface area contributed by atoms with Crippen LogP contribution < -0.4 is 0 Å². The van der Waals surface area contributed by atoms with Gasteiger partial charge in [0.05, 0.1) is 12.3 Å². The molecule has 114 valence electrons. The van der Waals surface area contributed by atoms with Crippen LogP contribution in [0.4, 0.5) is 0 Å². The van der Waals surface area contributed by atoms with Crippen molar-refractivity contribution in [2.24, 2.45) is 5.92 Å². The fraction of sp³-hybridized carbons (Fsp3) is 0.875. The van der Waals surface area contributed by atoms with Gasteiger partial charge in [-0.15, -0.1) is 5.10 Å². The largest absolute Gasteiger partial charge is 0.390 e. The Bertz CT molecular complexity index is 383. The van der Waals surface area contributed by atoms with Gasteiger partial charge >= 0.3 is 0 Å². The fourth-order valence-electron chi connectivity index (χ4n) is 3.27. The normalized spacial score (nSPS) is 16.7. The molecule has 0 bridgehead atoms. The van der Waals surface area contributed by atoms with Crippen molar-refractivity contribution >= 4 is 0 Å². The van der Waals surface area contributed by atoms with E-state index >= 15 is 0 Å². The Hall–Kier alpha value is -0.900. The summed E-state index contributed by atoms with van der Waals surface area (Å²) >= 11 is 0. The second kappa shape index (κ2) is 8.40. The van der Waals surface area contributed by atoms with Crippen LogP contribution in [-0.4, -0.2) is 20.1 Å². The molecular weight excluding hydrogens is 250 g/mol. The average molecular weight is 279 g/mol. The molecule has 0 saturated heterocycles. The number of aliphatic hydroxyl groups is 1. The second-order valence-corrected chi connectivity index (χ2v) is 6.11. The molecule has 1 N–H and O–H groups in total. The lowest BCUT2D eigenvalue weighted by molar-refractivity contribution is 0.274. The number of hydrogen-bond acceptors (Lipinski definition) is 3. The summed E-state index contributed by atoms with van der Waals surface area (Å²) in [7, 11) is 0. The fourth-order valence-corrected chi connectivity index (χ4v) is 3.27. The summed E-state index contributed by atoms with van der Waals surface area (Å²) in [4.78, 5) is 0. The number of aryl methyl sites for hydroxylation is 1. The third kappa shape index (κ3) is 4.30. The Morgan fingerprint density at radius 2 is 2.00 bits per heavy atom. The SMILES string of the molecule is CCCCCn1nnc(CO)c1CCC1CCCCC1. The maximum absolute atomic E-state index is 9.42. The molecule has 4 nitrogen and oxygen atoms in total. The highest BCUT2D eigenvalue weighted by atomic mass is 16.3. The van der Waals surface area contributed by atoms with Crippen LogP contribution in [0.3, 0.4) is 0 Å². The Kier molecular flexibility index (Phi) is 6.51. The quantitative estimate of drug-likeness (QED) is 0.741. The van der Waals surface area contributed by atoms with E-state index in [-0.39, 0.29) is 6.61 Å². The highest BCUT2D eigenvalue weighted by Gasteiger charge is 2.17. The molecule has 1 fully saturated rings. The van der Waals surface area contributed by atoms with Gasteiger partial charge in [0.25, 0.3) is 0 Å². The summed E-state index contributed by atoms with van der Waals surface area (Å²) in [5.74, 6) is 0.870. The van der Waals surface area contributed by atoms with Gasteiger partial charge in [0, 0.05) is 6.54 Å². The van der Waals surface area contributed by atoms with Crippen molar-refractivity contribution in [1.29, 1.82) is 0 Å². The van der Waals surface area contributed by atoms with E-state index in [0.717, 1.165) is 31.0 Å². The lowest BCUT2D eigenvalue weighted by atomic mass is 9.85. The first-order valence-corrected chi connectivity index (χ1v) is 8.37. The highest BCUT2D eigenvalue weighted by molar-refractivity contribution is 5.09. The van der Waals surface area contributed by atoms with Gasteiger partial charge in [0.15, 0.2) is 0 Å². The van der Waals surface area contributed by atoms with Crippen LogP contribution >= 0.6 is 0 Å². The molecule has 0 spiro atoms. The monoisotopic (exact) mass is 279 g/mol. The average Bonchev–Trinajstić information content (AvgIpc) is 2.88. The maximum Gasteiger partial charge on any atom is 0.111 e. The molecule has 1 aromatic rings. The Balaban J connectivity index is 1.91. The number of nitrogens with zero attached hydrogens (tertiary/aromatic N) is 3. The predicted molar refractivity (Wildman–Crippen MR) is 80.4 cm³/mol. The first-order chi connectivity index (χ1) is 9.85. The van der Waals surface area contributed by atoms with Gasteiger partial charge in [-0.3, -0.25) is 0 Å². The minimum atomic E-state index is 0.0216. The molecular formula is C16H29N3O. The molecule has 0 aliphatic heterocycles. The number of aromatic nitrogens is 3. The van der Waals surface area contributed by atoms with Gasteiger partial charge in [-0.2, -0.15) is 0 Å². The van der Waals surface area contributed by atoms with Gasteiger partial charge in [-0.25, -0.2) is 4.68 Å². The molecule has 1 aromatic heterocycles. The number of hydrogen-bond donors (Lipinski definition) is 1. The Morgan fingerprint density at radius 3 is 2.70 bits per heavy atom. The molecule has 1 saturated carbocycles. The third-order valence-corrected chi connectivity index (χ3v) is 4.56. The zero-order chi connectivity index (χ0) is 14.2. The molecule has 20 heavy (non-hydrogen) atoms. The van der Waals surface area contributed by atoms with Gasteiger partial charge in [0.2, 0.25) is 0 Å². The van der Waals surface area contributed by atoms with E-state index in [9.17, 15) is 5.11 Å². The second-order valence-electron chi connectivity index (χ2n) is 6.11. The lowest BCUT2D eigenvalue weighted by Gasteiger charge is -2.21. The molecule has 0 unspecified atom stereocenters. The van der Waals surface area contributed by atoms with Crippen molar-refractivity contribution in [3.63, 3.8) is 0 Å². The minimum absolute atomic E-state index is 0.0216. The van der Waals surface area contributed by atoms with Crippen molar-refractivity contribution in [1.82, 2.24) is 15.0 Å². The van der Waals surface area contributed by atoms with Gasteiger partial charge in [-0.1, -0.05) is 57.1 Å². The van der Waals surface area contributed by atoms with Gasteiger partial charge in [-0.05, 0) is 25.2 Å². The summed E-state index contributed by atoms with van der Waals surface area (Å²) in [6.45, 7) is 3.18. The molecule has 1 heterocycles. The summed E-state index contributed by atoms with van der Waals surface area (Å²) < 4.78 is 2.03. The molecule has 0 atom stereocenters. The smallest absolute Gasteiger partial charge is 0.111 e. The van der Waals surface area contributed by atoms with E-state index in [4.69, 9.17) is 0 Å². The van der Waals surface area contributed by atoms with Crippen LogP contribution in [-0.2, 0) is 19.6 Å². The van der Waals surface area contributed by atoms with Crippen molar-refractivity contribution in [3.8, 4) is 0 Å². The molecule has 1 aliphatic carbocycles. The van der Waals surface area contributed by atoms with Crippen molar-refractivity contribution in [2.45, 2.75) is 84.3 Å². The minimum Gasteiger partial charge on any atom is -0.390 e. The highest BCUT2D eigenvalue weighted by Crippen LogP contribution is 2.27. The van der Waals surface area contributed by atoms with Crippen molar-refractivity contribution < 1.29 is 5.11 Å². The van der Waals surface area contributed by atoms with Crippen LogP contribution in [0.2, 0.25) is 0 Å². The van der Waals surface area contributed by atoms with Crippen LogP contribution in [0.5, 0.6) is 0 Å². The zero-order valence-electron chi connectivity index (χ0n) is 12.9. The zero-order valence-corrected chi connectivity index (χ0v) is 12.9. The first-order valence-electron chi connectivity index (χ1n) is 8.37. The number of unbranched alkanes of at least 4 members (excludes halogenated alkanes) is 2. The molecule has 2 rings (SSSR count). The Labute approximate surface area is 122 Å². The van der Waals surface area contributed by atoms with Crippen molar-refractivity contribution in [3.05, 3.63) is 11.4 Å². The van der Waals surface area contributed by atoms with E-state index in [0.29, 0.717) is 0 Å². The summed E-state index contributed by atoms with van der Waals surface area (Å²) in [6.07, 6.45) is 12.8. The molecule has 0 aromatic carbocycles. The standard InChI is InChI=1S/C16H29N3O/c1-2-3-7-12-19-16(15(13-20)17-18-19)11-10-14-8-5-4-6-9-14/h14,20H,2-13H2,1H3. The van der Waals surface area contributed by atoms with Gasteiger partial charge in [0.1, 0.15) is 5.69 Å². The van der Waals surface area contributed by atoms with E-state index in [1.807, 2.05) is 4.68 Å². The van der Waals surface area contributed by atoms with Crippen molar-refractivity contribution in [2.75, 3.05) is 0 Å². The lowest BCUT2D eigenvalue weighted by Crippen LogP contribution is -2.11. The van der Waals surface area contributed by atoms with E-state index < -0.39 is 0 Å². The van der Waals surface area contributed by atoms with Crippen LogP contribution in [0.1, 0.15) is 76.1 Å². The Morgan fingerprint density at radius 1 is 1.20 bits per heavy atom. The van der Waals surface area contributed by atoms with E-state index in [1.165, 1.54) is 57.1 Å². The topological polar surface area (TPSA) is 50.9 Å². The first kappa shape index (κ1) is 15.5. The summed E-state index contributed by atoms with van der Waals surface area (Å²) in [6, 6.07) is 0. The summed E-state index contributed by atoms with van der Waals surface area (Å²) in [5, 5.41) is 17.8. The van der Waals surface area contributed by atoms with E-state index in [1.54, 1.807) is 0 Å². The molecule has 0 radical (unpaired) electrons. The number of rotatable bonds is 8. The van der Waals surface area contributed by atoms with Crippen LogP contribution in [0.15, 0.2) is 0 Å². The predicted octanol–water partition coefficient (Wildman–Crippen LogP) is 3.47. The molecule has 0 amide bonds. The maximum atomic E-state index is 9.42.